The smallest absolute Gasteiger partial charge is 0.191 e. The largest absolute Gasteiger partial charge is 0.357 e. The highest BCUT2D eigenvalue weighted by atomic mass is 15.2. The third kappa shape index (κ3) is 5.35. The fourth-order valence-corrected chi connectivity index (χ4v) is 1.32. The number of guanidine groups is 1. The van der Waals surface area contributed by atoms with Crippen LogP contribution in [0.1, 0.15) is 33.6 Å². The van der Waals surface area contributed by atoms with Gasteiger partial charge in [0, 0.05) is 25.2 Å². The number of nitrogens with one attached hydrogen (secondary N) is 2. The number of aliphatic imine (C=N–C) groups is 1. The van der Waals surface area contributed by atoms with Crippen LogP contribution in [0.5, 0.6) is 0 Å². The molecule has 1 rings (SSSR count). The quantitative estimate of drug-likeness (QED) is 0.525. The topological polar surface area (TPSA) is 39.7 Å². The monoisotopic (exact) mass is 226 g/mol. The summed E-state index contributed by atoms with van der Waals surface area (Å²) in [5.74, 6) is 0.974. The van der Waals surface area contributed by atoms with Crippen molar-refractivity contribution in [2.45, 2.75) is 45.7 Å². The molecule has 0 unspecified atom stereocenters. The Balaban J connectivity index is 2.26. The Kier molecular flexibility index (Phi) is 5.60. The first kappa shape index (κ1) is 13.3. The SMILES string of the molecule is CCNC(=NCCN(C)C(C)C)NC1CC1. The molecule has 4 nitrogen and oxygen atoms in total. The lowest BCUT2D eigenvalue weighted by molar-refractivity contribution is 0.282. The molecule has 0 saturated heterocycles. The predicted molar refractivity (Wildman–Crippen MR) is 69.9 cm³/mol. The molecule has 0 aromatic rings. The van der Waals surface area contributed by atoms with E-state index < -0.39 is 0 Å². The molecule has 2 N–H and O–H groups in total. The minimum Gasteiger partial charge on any atom is -0.357 e. The lowest BCUT2D eigenvalue weighted by Gasteiger charge is -2.20. The maximum atomic E-state index is 4.57. The van der Waals surface area contributed by atoms with Gasteiger partial charge in [0.2, 0.25) is 0 Å². The van der Waals surface area contributed by atoms with Gasteiger partial charge in [-0.25, -0.2) is 0 Å². The zero-order valence-electron chi connectivity index (χ0n) is 11.1. The van der Waals surface area contributed by atoms with Crippen molar-refractivity contribution in [3.63, 3.8) is 0 Å². The molecule has 1 saturated carbocycles. The van der Waals surface area contributed by atoms with E-state index in [1.807, 2.05) is 0 Å². The predicted octanol–water partition coefficient (Wildman–Crippen LogP) is 1.04. The van der Waals surface area contributed by atoms with Crippen LogP contribution in [0.4, 0.5) is 0 Å². The zero-order valence-corrected chi connectivity index (χ0v) is 11.1. The Labute approximate surface area is 99.5 Å². The highest BCUT2D eigenvalue weighted by molar-refractivity contribution is 5.80. The lowest BCUT2D eigenvalue weighted by atomic mass is 10.3. The Morgan fingerprint density at radius 3 is 2.62 bits per heavy atom. The van der Waals surface area contributed by atoms with Gasteiger partial charge in [-0.3, -0.25) is 4.99 Å². The van der Waals surface area contributed by atoms with Crippen LogP contribution in [-0.4, -0.2) is 49.6 Å². The van der Waals surface area contributed by atoms with Crippen molar-refractivity contribution in [3.8, 4) is 0 Å². The van der Waals surface area contributed by atoms with Crippen molar-refractivity contribution in [3.05, 3.63) is 0 Å². The number of nitrogens with zero attached hydrogens (tertiary/aromatic N) is 2. The molecule has 16 heavy (non-hydrogen) atoms. The summed E-state index contributed by atoms with van der Waals surface area (Å²) in [6, 6.07) is 1.26. The number of hydrogen-bond donors (Lipinski definition) is 2. The molecule has 0 aliphatic heterocycles. The summed E-state index contributed by atoms with van der Waals surface area (Å²) in [6.45, 7) is 9.31. The average molecular weight is 226 g/mol. The Morgan fingerprint density at radius 2 is 2.12 bits per heavy atom. The maximum Gasteiger partial charge on any atom is 0.191 e. The first-order valence-corrected chi connectivity index (χ1v) is 6.38. The molecule has 1 aliphatic carbocycles. The second-order valence-corrected chi connectivity index (χ2v) is 4.75. The number of rotatable bonds is 6. The van der Waals surface area contributed by atoms with Gasteiger partial charge in [0.1, 0.15) is 0 Å². The van der Waals surface area contributed by atoms with E-state index in [1.54, 1.807) is 0 Å². The lowest BCUT2D eigenvalue weighted by Crippen LogP contribution is -2.39. The van der Waals surface area contributed by atoms with Crippen LogP contribution in [0.2, 0.25) is 0 Å². The van der Waals surface area contributed by atoms with Crippen LogP contribution in [-0.2, 0) is 0 Å². The minimum absolute atomic E-state index is 0.592. The van der Waals surface area contributed by atoms with Crippen LogP contribution >= 0.6 is 0 Å². The fraction of sp³-hybridized carbons (Fsp3) is 0.917. The number of hydrogen-bond acceptors (Lipinski definition) is 2. The third-order valence-corrected chi connectivity index (χ3v) is 2.87. The van der Waals surface area contributed by atoms with Crippen LogP contribution < -0.4 is 10.6 Å². The number of likely N-dealkylation sites (N-methyl/N-ethyl adjacent to an activating group) is 1. The van der Waals surface area contributed by atoms with E-state index in [4.69, 9.17) is 0 Å². The van der Waals surface area contributed by atoms with E-state index >= 15 is 0 Å². The zero-order chi connectivity index (χ0) is 12.0. The molecule has 0 atom stereocenters. The molecule has 1 aliphatic rings. The summed E-state index contributed by atoms with van der Waals surface area (Å²) < 4.78 is 0. The average Bonchev–Trinajstić information content (AvgIpc) is 3.01. The molecule has 4 heteroatoms. The normalized spacial score (nSPS) is 17.0. The molecular formula is C12H26N4. The van der Waals surface area contributed by atoms with Crippen molar-refractivity contribution < 1.29 is 0 Å². The van der Waals surface area contributed by atoms with E-state index in [9.17, 15) is 0 Å². The Morgan fingerprint density at radius 1 is 1.44 bits per heavy atom. The maximum absolute atomic E-state index is 4.57. The molecule has 0 heterocycles. The standard InChI is InChI=1S/C12H26N4/c1-5-13-12(15-11-6-7-11)14-8-9-16(4)10(2)3/h10-11H,5-9H2,1-4H3,(H2,13,14,15). The van der Waals surface area contributed by atoms with Crippen LogP contribution in [0.15, 0.2) is 4.99 Å². The summed E-state index contributed by atoms with van der Waals surface area (Å²) in [7, 11) is 2.14. The molecule has 0 aromatic heterocycles. The highest BCUT2D eigenvalue weighted by Crippen LogP contribution is 2.18. The van der Waals surface area contributed by atoms with Gasteiger partial charge in [0.25, 0.3) is 0 Å². The summed E-state index contributed by atoms with van der Waals surface area (Å²) in [5, 5.41) is 6.69. The first-order valence-electron chi connectivity index (χ1n) is 6.38. The fourth-order valence-electron chi connectivity index (χ4n) is 1.32. The van der Waals surface area contributed by atoms with Gasteiger partial charge in [-0.1, -0.05) is 0 Å². The van der Waals surface area contributed by atoms with Gasteiger partial charge in [-0.2, -0.15) is 0 Å². The molecule has 1 fully saturated rings. The summed E-state index contributed by atoms with van der Waals surface area (Å²) >= 11 is 0. The Bertz CT molecular complexity index is 221. The van der Waals surface area contributed by atoms with Gasteiger partial charge in [0.15, 0.2) is 5.96 Å². The van der Waals surface area contributed by atoms with Crippen molar-refractivity contribution in [2.24, 2.45) is 4.99 Å². The van der Waals surface area contributed by atoms with E-state index in [0.29, 0.717) is 12.1 Å². The molecule has 94 valence electrons. The minimum atomic E-state index is 0.592. The Hall–Kier alpha value is -0.770. The highest BCUT2D eigenvalue weighted by Gasteiger charge is 2.21. The van der Waals surface area contributed by atoms with Gasteiger partial charge in [0.05, 0.1) is 6.54 Å². The molecule has 0 amide bonds. The van der Waals surface area contributed by atoms with Crippen LogP contribution in [0, 0.1) is 0 Å². The summed E-state index contributed by atoms with van der Waals surface area (Å²) in [5.41, 5.74) is 0. The van der Waals surface area contributed by atoms with Gasteiger partial charge >= 0.3 is 0 Å². The second-order valence-electron chi connectivity index (χ2n) is 4.75. The molecule has 0 bridgehead atoms. The molecular weight excluding hydrogens is 200 g/mol. The van der Waals surface area contributed by atoms with Crippen molar-refractivity contribution in [1.82, 2.24) is 15.5 Å². The van der Waals surface area contributed by atoms with E-state index in [2.05, 4.69) is 48.3 Å². The summed E-state index contributed by atoms with van der Waals surface area (Å²) in [4.78, 5) is 6.88. The van der Waals surface area contributed by atoms with Crippen LogP contribution in [0.25, 0.3) is 0 Å². The second kappa shape index (κ2) is 6.74. The summed E-state index contributed by atoms with van der Waals surface area (Å²) in [6.07, 6.45) is 2.58. The molecule has 0 spiro atoms. The van der Waals surface area contributed by atoms with Crippen molar-refractivity contribution >= 4 is 5.96 Å². The van der Waals surface area contributed by atoms with Crippen molar-refractivity contribution in [1.29, 1.82) is 0 Å². The van der Waals surface area contributed by atoms with Crippen molar-refractivity contribution in [2.75, 3.05) is 26.7 Å². The van der Waals surface area contributed by atoms with E-state index in [1.165, 1.54) is 12.8 Å². The van der Waals surface area contributed by atoms with Crippen LogP contribution in [0.3, 0.4) is 0 Å². The van der Waals surface area contributed by atoms with E-state index in [-0.39, 0.29) is 0 Å². The molecule has 0 aromatic carbocycles. The molecule has 0 radical (unpaired) electrons. The van der Waals surface area contributed by atoms with E-state index in [0.717, 1.165) is 25.6 Å². The van der Waals surface area contributed by atoms with Gasteiger partial charge in [-0.05, 0) is 40.7 Å². The van der Waals surface area contributed by atoms with Gasteiger partial charge in [-0.15, -0.1) is 0 Å². The third-order valence-electron chi connectivity index (χ3n) is 2.87. The first-order chi connectivity index (χ1) is 7.63. The van der Waals surface area contributed by atoms with Gasteiger partial charge < -0.3 is 15.5 Å².